The van der Waals surface area contributed by atoms with Gasteiger partial charge < -0.3 is 0 Å². The summed E-state index contributed by atoms with van der Waals surface area (Å²) in [7, 11) is 0. The molecule has 0 amide bonds. The number of halogens is 2. The van der Waals surface area contributed by atoms with Crippen molar-refractivity contribution in [1.29, 1.82) is 0 Å². The molecule has 90 valence electrons. The Morgan fingerprint density at radius 3 is 2.76 bits per heavy atom. The monoisotopic (exact) mass is 288 g/mol. The standard InChI is InChI=1S/C11H10Cl2N2OS/c1-3-15-9(7(12)4-14-15)10(16)11-8(13)6(2)5-17-11/h4-5H,3H2,1-2H3. The molecule has 0 radical (unpaired) electrons. The maximum Gasteiger partial charge on any atom is 0.223 e. The van der Waals surface area contributed by atoms with E-state index in [1.54, 1.807) is 4.68 Å². The molecule has 3 nitrogen and oxygen atoms in total. The highest BCUT2D eigenvalue weighted by atomic mass is 35.5. The lowest BCUT2D eigenvalue weighted by Crippen LogP contribution is -2.10. The zero-order valence-electron chi connectivity index (χ0n) is 9.33. The smallest absolute Gasteiger partial charge is 0.223 e. The predicted molar refractivity (Wildman–Crippen MR) is 70.4 cm³/mol. The third-order valence-electron chi connectivity index (χ3n) is 2.41. The average Bonchev–Trinajstić information content (AvgIpc) is 2.83. The summed E-state index contributed by atoms with van der Waals surface area (Å²) in [4.78, 5) is 12.8. The van der Waals surface area contributed by atoms with Gasteiger partial charge in [0, 0.05) is 6.54 Å². The normalized spacial score (nSPS) is 10.8. The van der Waals surface area contributed by atoms with Crippen molar-refractivity contribution in [3.05, 3.63) is 37.8 Å². The van der Waals surface area contributed by atoms with Crippen LogP contribution >= 0.6 is 34.5 Å². The second kappa shape index (κ2) is 4.80. The molecule has 0 unspecified atom stereocenters. The van der Waals surface area contributed by atoms with Gasteiger partial charge in [-0.25, -0.2) is 0 Å². The second-order valence-corrected chi connectivity index (χ2v) is 5.21. The SMILES string of the molecule is CCn1ncc(Cl)c1C(=O)c1scc(C)c1Cl. The van der Waals surface area contributed by atoms with E-state index >= 15 is 0 Å². The number of hydrogen-bond donors (Lipinski definition) is 0. The Morgan fingerprint density at radius 1 is 1.53 bits per heavy atom. The molecule has 0 fully saturated rings. The molecule has 2 aromatic heterocycles. The summed E-state index contributed by atoms with van der Waals surface area (Å²) in [6, 6.07) is 0. The van der Waals surface area contributed by atoms with E-state index in [9.17, 15) is 4.79 Å². The third kappa shape index (κ3) is 2.12. The quantitative estimate of drug-likeness (QED) is 0.805. The number of aryl methyl sites for hydroxylation is 2. The minimum absolute atomic E-state index is 0.169. The van der Waals surface area contributed by atoms with Crippen molar-refractivity contribution >= 4 is 40.3 Å². The Labute approximate surface area is 113 Å². The zero-order chi connectivity index (χ0) is 12.6. The molecule has 2 rings (SSSR count). The number of hydrogen-bond acceptors (Lipinski definition) is 3. The fourth-order valence-corrected chi connectivity index (χ4v) is 2.96. The van der Waals surface area contributed by atoms with Crippen molar-refractivity contribution in [2.45, 2.75) is 20.4 Å². The summed E-state index contributed by atoms with van der Waals surface area (Å²) in [5, 5.41) is 6.76. The van der Waals surface area contributed by atoms with Crippen LogP contribution in [0, 0.1) is 6.92 Å². The van der Waals surface area contributed by atoms with Crippen LogP contribution in [0.4, 0.5) is 0 Å². The van der Waals surface area contributed by atoms with Crippen LogP contribution in [0.1, 0.15) is 27.9 Å². The number of ketones is 1. The molecular weight excluding hydrogens is 279 g/mol. The van der Waals surface area contributed by atoms with E-state index in [1.807, 2.05) is 19.2 Å². The molecule has 0 aliphatic rings. The van der Waals surface area contributed by atoms with Crippen LogP contribution in [-0.2, 0) is 6.54 Å². The molecule has 0 aliphatic heterocycles. The number of nitrogens with zero attached hydrogens (tertiary/aromatic N) is 2. The molecule has 0 aliphatic carbocycles. The van der Waals surface area contributed by atoms with Crippen LogP contribution in [0.15, 0.2) is 11.6 Å². The highest BCUT2D eigenvalue weighted by molar-refractivity contribution is 7.13. The van der Waals surface area contributed by atoms with Crippen molar-refractivity contribution in [2.24, 2.45) is 0 Å². The van der Waals surface area contributed by atoms with E-state index < -0.39 is 0 Å². The molecule has 2 aromatic rings. The summed E-state index contributed by atoms with van der Waals surface area (Å²) in [6.45, 7) is 4.37. The number of carbonyl (C=O) groups is 1. The zero-order valence-corrected chi connectivity index (χ0v) is 11.7. The average molecular weight is 289 g/mol. The second-order valence-electron chi connectivity index (χ2n) is 3.55. The summed E-state index contributed by atoms with van der Waals surface area (Å²) in [5.41, 5.74) is 1.30. The van der Waals surface area contributed by atoms with Crippen LogP contribution in [0.2, 0.25) is 10.0 Å². The van der Waals surface area contributed by atoms with Crippen molar-refractivity contribution in [2.75, 3.05) is 0 Å². The Hall–Kier alpha value is -0.840. The number of rotatable bonds is 3. The molecule has 0 aromatic carbocycles. The topological polar surface area (TPSA) is 34.9 Å². The Morgan fingerprint density at radius 2 is 2.24 bits per heavy atom. The van der Waals surface area contributed by atoms with E-state index in [2.05, 4.69) is 5.10 Å². The van der Waals surface area contributed by atoms with Crippen LogP contribution in [-0.4, -0.2) is 15.6 Å². The molecule has 0 spiro atoms. The first kappa shape index (κ1) is 12.6. The van der Waals surface area contributed by atoms with Gasteiger partial charge in [-0.2, -0.15) is 5.10 Å². The van der Waals surface area contributed by atoms with Gasteiger partial charge >= 0.3 is 0 Å². The number of carbonyl (C=O) groups excluding carboxylic acids is 1. The van der Waals surface area contributed by atoms with Crippen molar-refractivity contribution in [3.8, 4) is 0 Å². The van der Waals surface area contributed by atoms with Gasteiger partial charge in [-0.15, -0.1) is 11.3 Å². The summed E-state index contributed by atoms with van der Waals surface area (Å²) < 4.78 is 1.58. The molecule has 0 saturated heterocycles. The van der Waals surface area contributed by atoms with E-state index in [1.165, 1.54) is 17.5 Å². The summed E-state index contributed by atoms with van der Waals surface area (Å²) >= 11 is 13.4. The first-order valence-corrected chi connectivity index (χ1v) is 6.69. The van der Waals surface area contributed by atoms with Crippen molar-refractivity contribution < 1.29 is 4.79 Å². The third-order valence-corrected chi connectivity index (χ3v) is 4.39. The van der Waals surface area contributed by atoms with Crippen LogP contribution in [0.3, 0.4) is 0 Å². The van der Waals surface area contributed by atoms with Gasteiger partial charge in [0.05, 0.1) is 21.1 Å². The van der Waals surface area contributed by atoms with Crippen molar-refractivity contribution in [1.82, 2.24) is 9.78 Å². The first-order chi connectivity index (χ1) is 8.06. The largest absolute Gasteiger partial charge is 0.286 e. The minimum Gasteiger partial charge on any atom is -0.286 e. The fourth-order valence-electron chi connectivity index (χ4n) is 1.52. The van der Waals surface area contributed by atoms with E-state index in [4.69, 9.17) is 23.2 Å². The van der Waals surface area contributed by atoms with Crippen LogP contribution < -0.4 is 0 Å². The van der Waals surface area contributed by atoms with Gasteiger partial charge in [0.15, 0.2) is 0 Å². The molecular formula is C11H10Cl2N2OS. The van der Waals surface area contributed by atoms with Crippen LogP contribution in [0.25, 0.3) is 0 Å². The van der Waals surface area contributed by atoms with Crippen LogP contribution in [0.5, 0.6) is 0 Å². The summed E-state index contributed by atoms with van der Waals surface area (Å²) in [6.07, 6.45) is 1.48. The van der Waals surface area contributed by atoms with Gasteiger partial charge in [0.2, 0.25) is 5.78 Å². The Bertz CT molecular complexity index is 574. The molecule has 0 saturated carbocycles. The number of thiophene rings is 1. The Balaban J connectivity index is 2.51. The highest BCUT2D eigenvalue weighted by Gasteiger charge is 2.22. The van der Waals surface area contributed by atoms with E-state index in [0.29, 0.717) is 27.2 Å². The molecule has 0 N–H and O–H groups in total. The maximum atomic E-state index is 12.3. The maximum absolute atomic E-state index is 12.3. The van der Waals surface area contributed by atoms with E-state index in [0.717, 1.165) is 5.56 Å². The Kier molecular flexibility index (Phi) is 3.56. The van der Waals surface area contributed by atoms with Gasteiger partial charge in [0.25, 0.3) is 0 Å². The lowest BCUT2D eigenvalue weighted by atomic mass is 10.2. The lowest BCUT2D eigenvalue weighted by Gasteiger charge is -2.03. The predicted octanol–water partition coefficient (Wildman–Crippen LogP) is 3.81. The number of aromatic nitrogens is 2. The summed E-state index contributed by atoms with van der Waals surface area (Å²) in [5.74, 6) is -0.169. The van der Waals surface area contributed by atoms with Gasteiger partial charge in [-0.05, 0) is 24.8 Å². The fraction of sp³-hybridized carbons (Fsp3) is 0.273. The minimum atomic E-state index is -0.169. The van der Waals surface area contributed by atoms with E-state index in [-0.39, 0.29) is 5.78 Å². The molecule has 6 heteroatoms. The molecule has 0 atom stereocenters. The van der Waals surface area contributed by atoms with Crippen molar-refractivity contribution in [3.63, 3.8) is 0 Å². The lowest BCUT2D eigenvalue weighted by molar-refractivity contribution is 0.103. The first-order valence-electron chi connectivity index (χ1n) is 5.05. The molecule has 2 heterocycles. The van der Waals surface area contributed by atoms with Gasteiger partial charge in [0.1, 0.15) is 5.69 Å². The highest BCUT2D eigenvalue weighted by Crippen LogP contribution is 2.31. The van der Waals surface area contributed by atoms with Gasteiger partial charge in [-0.1, -0.05) is 23.2 Å². The molecule has 17 heavy (non-hydrogen) atoms. The molecule has 0 bridgehead atoms. The van der Waals surface area contributed by atoms with Gasteiger partial charge in [-0.3, -0.25) is 9.48 Å².